The van der Waals surface area contributed by atoms with Crippen LogP contribution >= 0.6 is 0 Å². The van der Waals surface area contributed by atoms with E-state index in [0.29, 0.717) is 11.7 Å². The fourth-order valence-electron chi connectivity index (χ4n) is 1.40. The lowest BCUT2D eigenvalue weighted by atomic mass is 10.1. The SMILES string of the molecule is Cc1cc(F)ccc1-c1nc(C(C)N)no1. The minimum atomic E-state index is -0.284. The molecule has 0 saturated carbocycles. The number of nitrogens with two attached hydrogens (primary N) is 1. The standard InChI is InChI=1S/C11H12FN3O/c1-6-5-8(12)3-4-9(6)11-14-10(7(2)13)15-16-11/h3-5,7H,13H2,1-2H3. The lowest BCUT2D eigenvalue weighted by Crippen LogP contribution is -2.06. The third kappa shape index (κ3) is 1.94. The van der Waals surface area contributed by atoms with E-state index >= 15 is 0 Å². The zero-order valence-corrected chi connectivity index (χ0v) is 9.07. The Kier molecular flexibility index (Phi) is 2.70. The molecule has 2 aromatic rings. The van der Waals surface area contributed by atoms with Gasteiger partial charge in [-0.25, -0.2) is 4.39 Å². The van der Waals surface area contributed by atoms with Crippen LogP contribution in [0.3, 0.4) is 0 Å². The van der Waals surface area contributed by atoms with Crippen molar-refractivity contribution in [1.29, 1.82) is 0 Å². The number of halogens is 1. The van der Waals surface area contributed by atoms with Gasteiger partial charge >= 0.3 is 0 Å². The molecule has 0 saturated heterocycles. The van der Waals surface area contributed by atoms with Crippen LogP contribution in [0.4, 0.5) is 4.39 Å². The van der Waals surface area contributed by atoms with Crippen LogP contribution in [0.25, 0.3) is 11.5 Å². The summed E-state index contributed by atoms with van der Waals surface area (Å²) in [6.07, 6.45) is 0. The molecule has 0 fully saturated rings. The van der Waals surface area contributed by atoms with Crippen LogP contribution in [0.15, 0.2) is 22.7 Å². The first-order chi connectivity index (χ1) is 7.58. The van der Waals surface area contributed by atoms with E-state index in [1.165, 1.54) is 12.1 Å². The van der Waals surface area contributed by atoms with Gasteiger partial charge in [0, 0.05) is 5.56 Å². The van der Waals surface area contributed by atoms with E-state index in [9.17, 15) is 4.39 Å². The number of aryl methyl sites for hydroxylation is 1. The minimum Gasteiger partial charge on any atom is -0.334 e. The molecule has 0 amide bonds. The molecule has 16 heavy (non-hydrogen) atoms. The monoisotopic (exact) mass is 221 g/mol. The fraction of sp³-hybridized carbons (Fsp3) is 0.273. The highest BCUT2D eigenvalue weighted by molar-refractivity contribution is 5.57. The zero-order chi connectivity index (χ0) is 11.7. The molecule has 1 aromatic heterocycles. The van der Waals surface area contributed by atoms with Crippen molar-refractivity contribution in [2.75, 3.05) is 0 Å². The molecular weight excluding hydrogens is 209 g/mol. The van der Waals surface area contributed by atoms with Crippen molar-refractivity contribution in [3.8, 4) is 11.5 Å². The van der Waals surface area contributed by atoms with Crippen molar-refractivity contribution in [1.82, 2.24) is 10.1 Å². The maximum atomic E-state index is 12.9. The number of nitrogens with zero attached hydrogens (tertiary/aromatic N) is 2. The molecule has 84 valence electrons. The Morgan fingerprint density at radius 3 is 2.75 bits per heavy atom. The summed E-state index contributed by atoms with van der Waals surface area (Å²) in [5.41, 5.74) is 7.10. The van der Waals surface area contributed by atoms with Gasteiger partial charge in [-0.2, -0.15) is 4.98 Å². The molecule has 0 aliphatic carbocycles. The average Bonchev–Trinajstić information content (AvgIpc) is 2.66. The average molecular weight is 221 g/mol. The molecule has 4 nitrogen and oxygen atoms in total. The Morgan fingerprint density at radius 2 is 2.19 bits per heavy atom. The Morgan fingerprint density at radius 1 is 1.44 bits per heavy atom. The molecular formula is C11H12FN3O. The highest BCUT2D eigenvalue weighted by Gasteiger charge is 2.13. The van der Waals surface area contributed by atoms with Crippen molar-refractivity contribution >= 4 is 0 Å². The first-order valence-electron chi connectivity index (χ1n) is 4.93. The van der Waals surface area contributed by atoms with Crippen molar-refractivity contribution in [3.63, 3.8) is 0 Å². The lowest BCUT2D eigenvalue weighted by molar-refractivity contribution is 0.418. The third-order valence-electron chi connectivity index (χ3n) is 2.27. The normalized spacial score (nSPS) is 12.8. The summed E-state index contributed by atoms with van der Waals surface area (Å²) in [5.74, 6) is 0.525. The second-order valence-electron chi connectivity index (χ2n) is 3.71. The molecule has 5 heteroatoms. The van der Waals surface area contributed by atoms with Gasteiger partial charge in [-0.1, -0.05) is 5.16 Å². The number of aromatic nitrogens is 2. The predicted molar refractivity (Wildman–Crippen MR) is 57.0 cm³/mol. The van der Waals surface area contributed by atoms with E-state index in [4.69, 9.17) is 10.3 Å². The van der Waals surface area contributed by atoms with Gasteiger partial charge in [0.2, 0.25) is 0 Å². The summed E-state index contributed by atoms with van der Waals surface area (Å²) >= 11 is 0. The van der Waals surface area contributed by atoms with Gasteiger partial charge in [-0.3, -0.25) is 0 Å². The molecule has 0 aliphatic heterocycles. The van der Waals surface area contributed by atoms with Gasteiger partial charge in [0.1, 0.15) is 5.82 Å². The second kappa shape index (κ2) is 4.02. The zero-order valence-electron chi connectivity index (χ0n) is 9.07. The van der Waals surface area contributed by atoms with Crippen molar-refractivity contribution in [2.45, 2.75) is 19.9 Å². The van der Waals surface area contributed by atoms with E-state index in [1.807, 2.05) is 0 Å². The smallest absolute Gasteiger partial charge is 0.258 e. The molecule has 2 N–H and O–H groups in total. The van der Waals surface area contributed by atoms with Gasteiger partial charge in [-0.05, 0) is 37.6 Å². The summed E-state index contributed by atoms with van der Waals surface area (Å²) in [6.45, 7) is 3.56. The summed E-state index contributed by atoms with van der Waals surface area (Å²) in [7, 11) is 0. The van der Waals surface area contributed by atoms with Crippen molar-refractivity contribution < 1.29 is 8.91 Å². The van der Waals surface area contributed by atoms with E-state index in [2.05, 4.69) is 10.1 Å². The van der Waals surface area contributed by atoms with Crippen LogP contribution in [0.1, 0.15) is 24.4 Å². The van der Waals surface area contributed by atoms with Crippen LogP contribution < -0.4 is 5.73 Å². The number of rotatable bonds is 2. The van der Waals surface area contributed by atoms with Crippen LogP contribution in [-0.4, -0.2) is 10.1 Å². The lowest BCUT2D eigenvalue weighted by Gasteiger charge is -1.99. The number of hydrogen-bond donors (Lipinski definition) is 1. The molecule has 0 radical (unpaired) electrons. The molecule has 1 aromatic carbocycles. The quantitative estimate of drug-likeness (QED) is 0.844. The predicted octanol–water partition coefficient (Wildman–Crippen LogP) is 2.20. The Bertz CT molecular complexity index is 508. The highest BCUT2D eigenvalue weighted by atomic mass is 19.1. The van der Waals surface area contributed by atoms with E-state index in [1.54, 1.807) is 19.9 Å². The van der Waals surface area contributed by atoms with Gasteiger partial charge in [0.25, 0.3) is 5.89 Å². The second-order valence-corrected chi connectivity index (χ2v) is 3.71. The van der Waals surface area contributed by atoms with Crippen molar-refractivity contribution in [3.05, 3.63) is 35.4 Å². The van der Waals surface area contributed by atoms with Crippen LogP contribution in [0.5, 0.6) is 0 Å². The highest BCUT2D eigenvalue weighted by Crippen LogP contribution is 2.23. The largest absolute Gasteiger partial charge is 0.334 e. The first kappa shape index (κ1) is 10.8. The molecule has 0 bridgehead atoms. The van der Waals surface area contributed by atoms with Gasteiger partial charge in [0.05, 0.1) is 6.04 Å². The van der Waals surface area contributed by atoms with Crippen molar-refractivity contribution in [2.24, 2.45) is 5.73 Å². The Hall–Kier alpha value is -1.75. The molecule has 2 rings (SSSR count). The van der Waals surface area contributed by atoms with Gasteiger partial charge in [0.15, 0.2) is 5.82 Å². The summed E-state index contributed by atoms with van der Waals surface area (Å²) < 4.78 is 18.0. The molecule has 1 unspecified atom stereocenters. The van der Waals surface area contributed by atoms with Gasteiger partial charge < -0.3 is 10.3 Å². The topological polar surface area (TPSA) is 64.9 Å². The Labute approximate surface area is 92.3 Å². The number of benzene rings is 1. The number of hydrogen-bond acceptors (Lipinski definition) is 4. The summed E-state index contributed by atoms with van der Waals surface area (Å²) in [5, 5.41) is 3.75. The molecule has 1 heterocycles. The van der Waals surface area contributed by atoms with Gasteiger partial charge in [-0.15, -0.1) is 0 Å². The minimum absolute atomic E-state index is 0.279. The van der Waals surface area contributed by atoms with Crippen LogP contribution in [0, 0.1) is 12.7 Å². The van der Waals surface area contributed by atoms with Crippen LogP contribution in [-0.2, 0) is 0 Å². The maximum absolute atomic E-state index is 12.9. The van der Waals surface area contributed by atoms with Crippen LogP contribution in [0.2, 0.25) is 0 Å². The third-order valence-corrected chi connectivity index (χ3v) is 2.27. The Balaban J connectivity index is 2.42. The first-order valence-corrected chi connectivity index (χ1v) is 4.93. The van der Waals surface area contributed by atoms with E-state index in [-0.39, 0.29) is 11.9 Å². The molecule has 0 spiro atoms. The maximum Gasteiger partial charge on any atom is 0.258 e. The molecule has 0 aliphatic rings. The molecule has 1 atom stereocenters. The summed E-state index contributed by atoms with van der Waals surface area (Å²) in [6, 6.07) is 4.12. The van der Waals surface area contributed by atoms with E-state index in [0.717, 1.165) is 11.1 Å². The van der Waals surface area contributed by atoms with E-state index < -0.39 is 0 Å². The fourth-order valence-corrected chi connectivity index (χ4v) is 1.40. The summed E-state index contributed by atoms with van der Waals surface area (Å²) in [4.78, 5) is 4.15.